The van der Waals surface area contributed by atoms with Gasteiger partial charge in [0.25, 0.3) is 0 Å². The van der Waals surface area contributed by atoms with E-state index in [1.807, 2.05) is 0 Å². The van der Waals surface area contributed by atoms with Crippen molar-refractivity contribution in [2.75, 3.05) is 0 Å². The molecule has 1 nitrogen and oxygen atoms in total. The molecule has 0 bridgehead atoms. The molecule has 0 aliphatic rings. The standard InChI is InChI=1S/C16H15F4N/c1-11-8-13(4-7-15(11)17)10-21-9-12-2-5-14(6-3-12)16(18,19)20/h2-8,21H,9-10H2,1H3. The first-order valence-electron chi connectivity index (χ1n) is 6.48. The SMILES string of the molecule is Cc1cc(CNCc2ccc(C(F)(F)F)cc2)ccc1F. The topological polar surface area (TPSA) is 12.0 Å². The molecule has 21 heavy (non-hydrogen) atoms. The van der Waals surface area contributed by atoms with E-state index in [2.05, 4.69) is 5.32 Å². The fourth-order valence-electron chi connectivity index (χ4n) is 1.98. The first kappa shape index (κ1) is 15.5. The van der Waals surface area contributed by atoms with Crippen LogP contribution in [0.4, 0.5) is 17.6 Å². The van der Waals surface area contributed by atoms with Crippen LogP contribution in [0.3, 0.4) is 0 Å². The van der Waals surface area contributed by atoms with Crippen LogP contribution in [-0.4, -0.2) is 0 Å². The number of hydrogen-bond acceptors (Lipinski definition) is 1. The molecule has 0 unspecified atom stereocenters. The van der Waals surface area contributed by atoms with Crippen LogP contribution in [0.25, 0.3) is 0 Å². The molecule has 0 fully saturated rings. The molecule has 5 heteroatoms. The highest BCUT2D eigenvalue weighted by atomic mass is 19.4. The normalized spacial score (nSPS) is 11.7. The van der Waals surface area contributed by atoms with Crippen LogP contribution in [0.2, 0.25) is 0 Å². The van der Waals surface area contributed by atoms with E-state index in [0.717, 1.165) is 23.3 Å². The molecule has 0 saturated heterocycles. The number of rotatable bonds is 4. The maximum atomic E-state index is 13.1. The Kier molecular flexibility index (Phi) is 4.63. The molecular formula is C16H15F4N. The Hall–Kier alpha value is -1.88. The highest BCUT2D eigenvalue weighted by Gasteiger charge is 2.29. The molecule has 0 radical (unpaired) electrons. The molecule has 0 amide bonds. The molecule has 2 rings (SSSR count). The Morgan fingerprint density at radius 3 is 2.05 bits per heavy atom. The summed E-state index contributed by atoms with van der Waals surface area (Å²) in [6, 6.07) is 9.87. The molecule has 0 atom stereocenters. The second kappa shape index (κ2) is 6.26. The summed E-state index contributed by atoms with van der Waals surface area (Å²) in [7, 11) is 0. The van der Waals surface area contributed by atoms with Crippen LogP contribution in [0.1, 0.15) is 22.3 Å². The monoisotopic (exact) mass is 297 g/mol. The van der Waals surface area contributed by atoms with Gasteiger partial charge in [-0.05, 0) is 41.8 Å². The fraction of sp³-hybridized carbons (Fsp3) is 0.250. The van der Waals surface area contributed by atoms with E-state index < -0.39 is 11.7 Å². The van der Waals surface area contributed by atoms with Gasteiger partial charge in [-0.25, -0.2) is 4.39 Å². The average molecular weight is 297 g/mol. The van der Waals surface area contributed by atoms with Crippen molar-refractivity contribution in [3.63, 3.8) is 0 Å². The molecular weight excluding hydrogens is 282 g/mol. The molecule has 0 saturated carbocycles. The van der Waals surface area contributed by atoms with Gasteiger partial charge in [-0.1, -0.05) is 24.3 Å². The van der Waals surface area contributed by atoms with Gasteiger partial charge in [0, 0.05) is 13.1 Å². The molecule has 1 N–H and O–H groups in total. The van der Waals surface area contributed by atoms with Crippen molar-refractivity contribution >= 4 is 0 Å². The largest absolute Gasteiger partial charge is 0.416 e. The highest BCUT2D eigenvalue weighted by Crippen LogP contribution is 2.29. The van der Waals surface area contributed by atoms with Crippen LogP contribution in [0, 0.1) is 12.7 Å². The Morgan fingerprint density at radius 1 is 0.905 bits per heavy atom. The number of aryl methyl sites for hydroxylation is 1. The molecule has 0 aliphatic heterocycles. The Bertz CT molecular complexity index is 603. The molecule has 0 aromatic heterocycles. The second-order valence-electron chi connectivity index (χ2n) is 4.88. The lowest BCUT2D eigenvalue weighted by molar-refractivity contribution is -0.137. The highest BCUT2D eigenvalue weighted by molar-refractivity contribution is 5.25. The Labute approximate surface area is 120 Å². The quantitative estimate of drug-likeness (QED) is 0.823. The van der Waals surface area contributed by atoms with E-state index >= 15 is 0 Å². The maximum absolute atomic E-state index is 13.1. The van der Waals surface area contributed by atoms with Crippen molar-refractivity contribution < 1.29 is 17.6 Å². The van der Waals surface area contributed by atoms with E-state index in [0.29, 0.717) is 18.7 Å². The van der Waals surface area contributed by atoms with Crippen molar-refractivity contribution in [2.24, 2.45) is 0 Å². The summed E-state index contributed by atoms with van der Waals surface area (Å²) < 4.78 is 50.4. The summed E-state index contributed by atoms with van der Waals surface area (Å²) in [6.45, 7) is 2.67. The van der Waals surface area contributed by atoms with Gasteiger partial charge in [0.1, 0.15) is 5.82 Å². The fourth-order valence-corrected chi connectivity index (χ4v) is 1.98. The van der Waals surface area contributed by atoms with Crippen LogP contribution in [0.15, 0.2) is 42.5 Å². The lowest BCUT2D eigenvalue weighted by Crippen LogP contribution is -2.13. The molecule has 0 spiro atoms. The summed E-state index contributed by atoms with van der Waals surface area (Å²) in [5, 5.41) is 3.12. The van der Waals surface area contributed by atoms with Gasteiger partial charge in [0.15, 0.2) is 0 Å². The van der Waals surface area contributed by atoms with Gasteiger partial charge in [-0.15, -0.1) is 0 Å². The zero-order valence-electron chi connectivity index (χ0n) is 11.5. The molecule has 0 heterocycles. The van der Waals surface area contributed by atoms with Crippen molar-refractivity contribution in [1.29, 1.82) is 0 Å². The molecule has 112 valence electrons. The first-order chi connectivity index (χ1) is 9.86. The number of benzene rings is 2. The van der Waals surface area contributed by atoms with Gasteiger partial charge in [-0.3, -0.25) is 0 Å². The summed E-state index contributed by atoms with van der Waals surface area (Å²) in [4.78, 5) is 0. The average Bonchev–Trinajstić information content (AvgIpc) is 2.42. The minimum absolute atomic E-state index is 0.249. The van der Waals surface area contributed by atoms with Crippen molar-refractivity contribution in [3.8, 4) is 0 Å². The molecule has 0 aliphatic carbocycles. The van der Waals surface area contributed by atoms with E-state index in [4.69, 9.17) is 0 Å². The first-order valence-corrected chi connectivity index (χ1v) is 6.48. The minimum atomic E-state index is -4.31. The zero-order valence-corrected chi connectivity index (χ0v) is 11.5. The number of nitrogens with one attached hydrogen (secondary N) is 1. The van der Waals surface area contributed by atoms with Gasteiger partial charge >= 0.3 is 6.18 Å². The van der Waals surface area contributed by atoms with E-state index in [1.54, 1.807) is 19.1 Å². The van der Waals surface area contributed by atoms with E-state index in [1.165, 1.54) is 18.2 Å². The second-order valence-corrected chi connectivity index (χ2v) is 4.88. The van der Waals surface area contributed by atoms with Crippen LogP contribution >= 0.6 is 0 Å². The lowest BCUT2D eigenvalue weighted by atomic mass is 10.1. The van der Waals surface area contributed by atoms with Crippen molar-refractivity contribution in [3.05, 3.63) is 70.5 Å². The third kappa shape index (κ3) is 4.29. The number of halogens is 4. The summed E-state index contributed by atoms with van der Waals surface area (Å²) >= 11 is 0. The zero-order chi connectivity index (χ0) is 15.5. The minimum Gasteiger partial charge on any atom is -0.309 e. The summed E-state index contributed by atoms with van der Waals surface area (Å²) in [5.74, 6) is -0.249. The van der Waals surface area contributed by atoms with Gasteiger partial charge in [-0.2, -0.15) is 13.2 Å². The van der Waals surface area contributed by atoms with Gasteiger partial charge < -0.3 is 5.32 Å². The van der Waals surface area contributed by atoms with Crippen LogP contribution in [-0.2, 0) is 19.3 Å². The predicted octanol–water partition coefficient (Wildman–Crippen LogP) is 4.44. The predicted molar refractivity (Wildman–Crippen MR) is 73.1 cm³/mol. The molecule has 2 aromatic carbocycles. The lowest BCUT2D eigenvalue weighted by Gasteiger charge is -2.09. The van der Waals surface area contributed by atoms with Gasteiger partial charge in [0.05, 0.1) is 5.56 Å². The van der Waals surface area contributed by atoms with Crippen molar-refractivity contribution in [2.45, 2.75) is 26.2 Å². The van der Waals surface area contributed by atoms with E-state index in [9.17, 15) is 17.6 Å². The molecule has 2 aromatic rings. The Balaban J connectivity index is 1.90. The third-order valence-corrected chi connectivity index (χ3v) is 3.16. The van der Waals surface area contributed by atoms with Crippen LogP contribution in [0.5, 0.6) is 0 Å². The van der Waals surface area contributed by atoms with Gasteiger partial charge in [0.2, 0.25) is 0 Å². The summed E-state index contributed by atoms with van der Waals surface area (Å²) in [5.41, 5.74) is 1.62. The van der Waals surface area contributed by atoms with Crippen LogP contribution < -0.4 is 5.32 Å². The Morgan fingerprint density at radius 2 is 1.48 bits per heavy atom. The number of alkyl halides is 3. The smallest absolute Gasteiger partial charge is 0.309 e. The maximum Gasteiger partial charge on any atom is 0.416 e. The third-order valence-electron chi connectivity index (χ3n) is 3.16. The van der Waals surface area contributed by atoms with Crippen molar-refractivity contribution in [1.82, 2.24) is 5.32 Å². The van der Waals surface area contributed by atoms with E-state index in [-0.39, 0.29) is 5.82 Å². The number of hydrogen-bond donors (Lipinski definition) is 1. The summed E-state index contributed by atoms with van der Waals surface area (Å²) in [6.07, 6.45) is -4.31.